The highest BCUT2D eigenvalue weighted by Crippen LogP contribution is 2.19. The zero-order valence-electron chi connectivity index (χ0n) is 11.0. The number of carbonyl (C=O) groups is 1. The van der Waals surface area contributed by atoms with Crippen molar-refractivity contribution in [1.82, 2.24) is 5.32 Å². The van der Waals surface area contributed by atoms with Crippen LogP contribution in [0.25, 0.3) is 0 Å². The molecule has 17 heavy (non-hydrogen) atoms. The Kier molecular flexibility index (Phi) is 4.77. The number of hydrogen-bond donors (Lipinski definition) is 2. The van der Waals surface area contributed by atoms with Crippen LogP contribution in [0.2, 0.25) is 0 Å². The molecule has 3 atom stereocenters. The van der Waals surface area contributed by atoms with Crippen LogP contribution in [0.1, 0.15) is 40.5 Å². The van der Waals surface area contributed by atoms with E-state index < -0.39 is 11.7 Å². The molecule has 5 nitrogen and oxygen atoms in total. The molecule has 0 aromatic rings. The molecule has 2 N–H and O–H groups in total. The highest BCUT2D eigenvalue weighted by atomic mass is 16.6. The molecule has 1 aliphatic rings. The van der Waals surface area contributed by atoms with Gasteiger partial charge in [-0.1, -0.05) is 0 Å². The Bertz CT molecular complexity index is 262. The molecule has 0 aromatic heterocycles. The maximum atomic E-state index is 11.6. The van der Waals surface area contributed by atoms with E-state index in [9.17, 15) is 4.79 Å². The first-order chi connectivity index (χ1) is 7.81. The minimum atomic E-state index is -0.490. The summed E-state index contributed by atoms with van der Waals surface area (Å²) in [5.41, 5.74) is -0.490. The van der Waals surface area contributed by atoms with Gasteiger partial charge in [-0.3, -0.25) is 0 Å². The molecular weight excluding hydrogens is 222 g/mol. The lowest BCUT2D eigenvalue weighted by Gasteiger charge is -2.34. The minimum absolute atomic E-state index is 0.0312. The molecule has 0 saturated carbocycles. The molecule has 0 spiro atoms. The Balaban J connectivity index is 2.40. The van der Waals surface area contributed by atoms with Crippen molar-refractivity contribution < 1.29 is 19.4 Å². The smallest absolute Gasteiger partial charge is 0.407 e. The molecule has 0 aliphatic carbocycles. The van der Waals surface area contributed by atoms with E-state index in [1.54, 1.807) is 0 Å². The molecule has 1 fully saturated rings. The summed E-state index contributed by atoms with van der Waals surface area (Å²) < 4.78 is 10.7. The average molecular weight is 245 g/mol. The summed E-state index contributed by atoms with van der Waals surface area (Å²) in [6.07, 6.45) is 0.919. The Labute approximate surface area is 102 Å². The number of amides is 1. The van der Waals surface area contributed by atoms with E-state index in [4.69, 9.17) is 14.6 Å². The first-order valence-corrected chi connectivity index (χ1v) is 6.07. The molecule has 0 radical (unpaired) electrons. The molecule has 100 valence electrons. The van der Waals surface area contributed by atoms with Gasteiger partial charge in [-0.05, 0) is 40.5 Å². The summed E-state index contributed by atoms with van der Waals surface area (Å²) in [5, 5.41) is 11.8. The van der Waals surface area contributed by atoms with Crippen molar-refractivity contribution in [2.24, 2.45) is 0 Å². The third kappa shape index (κ3) is 4.91. The van der Waals surface area contributed by atoms with E-state index in [1.165, 1.54) is 0 Å². The topological polar surface area (TPSA) is 67.8 Å². The first kappa shape index (κ1) is 14.3. The minimum Gasteiger partial charge on any atom is -0.444 e. The number of nitrogens with one attached hydrogen (secondary N) is 1. The predicted molar refractivity (Wildman–Crippen MR) is 63.8 cm³/mol. The summed E-state index contributed by atoms with van der Waals surface area (Å²) in [6.45, 7) is 7.41. The standard InChI is InChI=1S/C12H23NO4/c1-8-10(6-5-9(7-14)16-8)13-11(15)17-12(2,3)4/h8-10,14H,5-7H2,1-4H3,(H,13,15)/t8-,9+,10+/m1/s1. The van der Waals surface area contributed by atoms with E-state index in [1.807, 2.05) is 27.7 Å². The van der Waals surface area contributed by atoms with Crippen LogP contribution in [0.15, 0.2) is 0 Å². The molecule has 1 saturated heterocycles. The Hall–Kier alpha value is -0.810. The Morgan fingerprint density at radius 3 is 2.59 bits per heavy atom. The third-order valence-electron chi connectivity index (χ3n) is 2.68. The number of alkyl carbamates (subject to hydrolysis) is 1. The number of ether oxygens (including phenoxy) is 2. The number of hydrogen-bond acceptors (Lipinski definition) is 4. The van der Waals surface area contributed by atoms with Gasteiger partial charge in [-0.25, -0.2) is 4.79 Å². The van der Waals surface area contributed by atoms with E-state index in [0.717, 1.165) is 12.8 Å². The lowest BCUT2D eigenvalue weighted by Crippen LogP contribution is -2.49. The molecular formula is C12H23NO4. The molecule has 1 aliphatic heterocycles. The van der Waals surface area contributed by atoms with Crippen LogP contribution in [0.3, 0.4) is 0 Å². The average Bonchev–Trinajstić information content (AvgIpc) is 2.18. The van der Waals surface area contributed by atoms with Crippen molar-refractivity contribution in [2.75, 3.05) is 6.61 Å². The fraction of sp³-hybridized carbons (Fsp3) is 0.917. The van der Waals surface area contributed by atoms with Gasteiger partial charge in [-0.2, -0.15) is 0 Å². The lowest BCUT2D eigenvalue weighted by atomic mass is 10.00. The molecule has 1 rings (SSSR count). The number of rotatable bonds is 2. The first-order valence-electron chi connectivity index (χ1n) is 6.07. The van der Waals surface area contributed by atoms with Crippen LogP contribution < -0.4 is 5.32 Å². The van der Waals surface area contributed by atoms with Crippen molar-refractivity contribution in [1.29, 1.82) is 0 Å². The highest BCUT2D eigenvalue weighted by molar-refractivity contribution is 5.68. The second-order valence-corrected chi connectivity index (χ2v) is 5.48. The van der Waals surface area contributed by atoms with Gasteiger partial charge >= 0.3 is 6.09 Å². The van der Waals surface area contributed by atoms with Gasteiger partial charge in [0.2, 0.25) is 0 Å². The largest absolute Gasteiger partial charge is 0.444 e. The second kappa shape index (κ2) is 5.69. The lowest BCUT2D eigenvalue weighted by molar-refractivity contribution is -0.0797. The van der Waals surface area contributed by atoms with E-state index >= 15 is 0 Å². The van der Waals surface area contributed by atoms with E-state index in [2.05, 4.69) is 5.32 Å². The molecule has 1 heterocycles. The normalized spacial score (nSPS) is 29.8. The van der Waals surface area contributed by atoms with Gasteiger partial charge < -0.3 is 19.9 Å². The summed E-state index contributed by atoms with van der Waals surface area (Å²) in [6, 6.07) is -0.0485. The van der Waals surface area contributed by atoms with Gasteiger partial charge in [0.25, 0.3) is 0 Å². The Morgan fingerprint density at radius 1 is 1.47 bits per heavy atom. The van der Waals surface area contributed by atoms with Crippen molar-refractivity contribution in [2.45, 2.75) is 64.4 Å². The van der Waals surface area contributed by atoms with Crippen molar-refractivity contribution in [3.63, 3.8) is 0 Å². The zero-order valence-corrected chi connectivity index (χ0v) is 11.0. The van der Waals surface area contributed by atoms with Crippen LogP contribution >= 0.6 is 0 Å². The van der Waals surface area contributed by atoms with E-state index in [0.29, 0.717) is 0 Å². The summed E-state index contributed by atoms with van der Waals surface area (Å²) in [5.74, 6) is 0. The monoisotopic (exact) mass is 245 g/mol. The van der Waals surface area contributed by atoms with Crippen LogP contribution in [-0.2, 0) is 9.47 Å². The SMILES string of the molecule is C[C@H]1O[C@H](CO)CC[C@@H]1NC(=O)OC(C)(C)C. The van der Waals surface area contributed by atoms with Gasteiger partial charge in [0.05, 0.1) is 24.9 Å². The summed E-state index contributed by atoms with van der Waals surface area (Å²) in [4.78, 5) is 11.6. The van der Waals surface area contributed by atoms with Crippen molar-refractivity contribution in [3.8, 4) is 0 Å². The van der Waals surface area contributed by atoms with Gasteiger partial charge in [0, 0.05) is 0 Å². The highest BCUT2D eigenvalue weighted by Gasteiger charge is 2.30. The third-order valence-corrected chi connectivity index (χ3v) is 2.68. The Morgan fingerprint density at radius 2 is 2.12 bits per heavy atom. The number of carbonyl (C=O) groups excluding carboxylic acids is 1. The second-order valence-electron chi connectivity index (χ2n) is 5.48. The van der Waals surface area contributed by atoms with Crippen molar-refractivity contribution >= 4 is 6.09 Å². The summed E-state index contributed by atoms with van der Waals surface area (Å²) in [7, 11) is 0. The van der Waals surface area contributed by atoms with Crippen LogP contribution in [-0.4, -0.2) is 41.7 Å². The van der Waals surface area contributed by atoms with Crippen molar-refractivity contribution in [3.05, 3.63) is 0 Å². The van der Waals surface area contributed by atoms with E-state index in [-0.39, 0.29) is 24.9 Å². The molecule has 1 amide bonds. The van der Waals surface area contributed by atoms with Crippen LogP contribution in [0.4, 0.5) is 4.79 Å². The fourth-order valence-corrected chi connectivity index (χ4v) is 1.85. The number of aliphatic hydroxyl groups is 1. The maximum absolute atomic E-state index is 11.6. The fourth-order valence-electron chi connectivity index (χ4n) is 1.85. The maximum Gasteiger partial charge on any atom is 0.407 e. The molecule has 0 unspecified atom stereocenters. The number of aliphatic hydroxyl groups excluding tert-OH is 1. The molecule has 5 heteroatoms. The predicted octanol–water partition coefficient (Wildman–Crippen LogP) is 1.44. The zero-order chi connectivity index (χ0) is 13.1. The quantitative estimate of drug-likeness (QED) is 0.772. The van der Waals surface area contributed by atoms with Crippen LogP contribution in [0.5, 0.6) is 0 Å². The van der Waals surface area contributed by atoms with Gasteiger partial charge in [-0.15, -0.1) is 0 Å². The van der Waals surface area contributed by atoms with Gasteiger partial charge in [0.1, 0.15) is 5.60 Å². The molecule has 0 bridgehead atoms. The van der Waals surface area contributed by atoms with Gasteiger partial charge in [0.15, 0.2) is 0 Å². The molecule has 0 aromatic carbocycles. The summed E-state index contributed by atoms with van der Waals surface area (Å²) >= 11 is 0. The van der Waals surface area contributed by atoms with Crippen LogP contribution in [0, 0.1) is 0 Å².